The van der Waals surface area contributed by atoms with E-state index < -0.39 is 23.8 Å². The summed E-state index contributed by atoms with van der Waals surface area (Å²) in [6.07, 6.45) is -1.35. The lowest BCUT2D eigenvalue weighted by Crippen LogP contribution is -2.33. The van der Waals surface area contributed by atoms with Crippen molar-refractivity contribution in [3.05, 3.63) is 94.5 Å². The van der Waals surface area contributed by atoms with Gasteiger partial charge in [0, 0.05) is 6.54 Å². The Balaban J connectivity index is 1.94. The molecule has 1 atom stereocenters. The van der Waals surface area contributed by atoms with Gasteiger partial charge in [0.15, 0.2) is 0 Å². The van der Waals surface area contributed by atoms with Crippen LogP contribution < -0.4 is 5.32 Å². The van der Waals surface area contributed by atoms with Crippen molar-refractivity contribution in [1.29, 1.82) is 0 Å². The monoisotopic (exact) mass is 439 g/mol. The van der Waals surface area contributed by atoms with Gasteiger partial charge in [-0.15, -0.1) is 0 Å². The third-order valence-electron chi connectivity index (χ3n) is 5.31. The standard InChI is InChI=1S/C26H24F3NO2/c1-17-20(9-6-10-23(17)21-7-4-3-5-8-21)12-13-22-15-19(16-30-18(2)25(31)32)11-14-24(22)26(27,28)29/h3-15,18,30H,16H2,1-2H3,(H,31,32)/b13-12+. The molecule has 0 spiro atoms. The van der Waals surface area contributed by atoms with Gasteiger partial charge in [0.05, 0.1) is 5.56 Å². The summed E-state index contributed by atoms with van der Waals surface area (Å²) in [6, 6.07) is 18.6. The van der Waals surface area contributed by atoms with Crippen LogP contribution in [-0.2, 0) is 17.5 Å². The molecule has 0 radical (unpaired) electrons. The first kappa shape index (κ1) is 23.3. The lowest BCUT2D eigenvalue weighted by molar-refractivity contribution is -0.139. The smallest absolute Gasteiger partial charge is 0.416 e. The third kappa shape index (κ3) is 5.65. The Morgan fingerprint density at radius 2 is 1.69 bits per heavy atom. The Hall–Kier alpha value is -3.38. The molecule has 166 valence electrons. The number of carbonyl (C=O) groups is 1. The fourth-order valence-electron chi connectivity index (χ4n) is 3.42. The number of hydrogen-bond acceptors (Lipinski definition) is 2. The molecule has 3 aromatic carbocycles. The molecule has 0 amide bonds. The molecular formula is C26H24F3NO2. The quantitative estimate of drug-likeness (QED) is 0.418. The molecule has 0 fully saturated rings. The van der Waals surface area contributed by atoms with E-state index in [9.17, 15) is 18.0 Å². The lowest BCUT2D eigenvalue weighted by atomic mass is 9.95. The highest BCUT2D eigenvalue weighted by molar-refractivity contribution is 5.78. The normalized spacial score (nSPS) is 12.8. The molecule has 3 nitrogen and oxygen atoms in total. The number of rotatable bonds is 7. The van der Waals surface area contributed by atoms with Crippen molar-refractivity contribution in [2.45, 2.75) is 32.6 Å². The van der Waals surface area contributed by atoms with Gasteiger partial charge in [-0.05, 0) is 59.4 Å². The Bertz CT molecular complexity index is 1120. The molecule has 0 heterocycles. The van der Waals surface area contributed by atoms with Crippen molar-refractivity contribution in [1.82, 2.24) is 5.32 Å². The number of hydrogen-bond donors (Lipinski definition) is 2. The molecule has 32 heavy (non-hydrogen) atoms. The SMILES string of the molecule is Cc1c(/C=C/c2cc(CNC(C)C(=O)O)ccc2C(F)(F)F)cccc1-c1ccccc1. The van der Waals surface area contributed by atoms with E-state index in [0.717, 1.165) is 28.3 Å². The van der Waals surface area contributed by atoms with Crippen molar-refractivity contribution in [2.75, 3.05) is 0 Å². The zero-order valence-corrected chi connectivity index (χ0v) is 17.8. The predicted octanol–water partition coefficient (Wildman–Crippen LogP) is 6.41. The van der Waals surface area contributed by atoms with E-state index in [4.69, 9.17) is 5.11 Å². The summed E-state index contributed by atoms with van der Waals surface area (Å²) in [6.45, 7) is 3.57. The van der Waals surface area contributed by atoms with Crippen molar-refractivity contribution in [3.8, 4) is 11.1 Å². The Labute approximate surface area is 185 Å². The van der Waals surface area contributed by atoms with Gasteiger partial charge in [-0.3, -0.25) is 4.79 Å². The molecule has 3 rings (SSSR count). The molecule has 1 unspecified atom stereocenters. The van der Waals surface area contributed by atoms with Gasteiger partial charge in [-0.1, -0.05) is 66.7 Å². The van der Waals surface area contributed by atoms with Crippen molar-refractivity contribution in [2.24, 2.45) is 0 Å². The number of alkyl halides is 3. The molecular weight excluding hydrogens is 415 g/mol. The molecule has 0 bridgehead atoms. The van der Waals surface area contributed by atoms with Gasteiger partial charge in [0.2, 0.25) is 0 Å². The van der Waals surface area contributed by atoms with Crippen LogP contribution in [0.3, 0.4) is 0 Å². The number of carboxylic acids is 1. The minimum atomic E-state index is -4.50. The summed E-state index contributed by atoms with van der Waals surface area (Å²) in [7, 11) is 0. The van der Waals surface area contributed by atoms with Crippen molar-refractivity contribution in [3.63, 3.8) is 0 Å². The molecule has 0 aliphatic carbocycles. The molecule has 0 aliphatic heterocycles. The highest BCUT2D eigenvalue weighted by atomic mass is 19.4. The average Bonchev–Trinajstić information content (AvgIpc) is 2.76. The minimum absolute atomic E-state index is 0.0318. The van der Waals surface area contributed by atoms with Crippen LogP contribution in [0.25, 0.3) is 23.3 Å². The van der Waals surface area contributed by atoms with E-state index in [1.54, 1.807) is 6.08 Å². The number of carboxylic acid groups (broad SMARTS) is 1. The first-order chi connectivity index (χ1) is 15.2. The Kier molecular flexibility index (Phi) is 7.15. The Morgan fingerprint density at radius 1 is 1.00 bits per heavy atom. The van der Waals surface area contributed by atoms with Gasteiger partial charge in [0.25, 0.3) is 0 Å². The van der Waals surface area contributed by atoms with Gasteiger partial charge in [0.1, 0.15) is 6.04 Å². The summed E-state index contributed by atoms with van der Waals surface area (Å²) in [5, 5.41) is 11.8. The number of halogens is 3. The highest BCUT2D eigenvalue weighted by Gasteiger charge is 2.32. The topological polar surface area (TPSA) is 49.3 Å². The van der Waals surface area contributed by atoms with E-state index in [0.29, 0.717) is 5.56 Å². The van der Waals surface area contributed by atoms with Crippen LogP contribution in [0.1, 0.15) is 34.7 Å². The molecule has 0 saturated carbocycles. The van der Waals surface area contributed by atoms with Crippen LogP contribution in [0.5, 0.6) is 0 Å². The second-order valence-corrected chi connectivity index (χ2v) is 7.58. The van der Waals surface area contributed by atoms with E-state index in [2.05, 4.69) is 5.32 Å². The maximum Gasteiger partial charge on any atom is 0.416 e. The molecule has 0 aromatic heterocycles. The summed E-state index contributed by atoms with van der Waals surface area (Å²) in [4.78, 5) is 11.0. The zero-order valence-electron chi connectivity index (χ0n) is 17.8. The maximum atomic E-state index is 13.6. The Morgan fingerprint density at radius 3 is 2.34 bits per heavy atom. The van der Waals surface area contributed by atoms with Gasteiger partial charge in [-0.2, -0.15) is 13.2 Å². The molecule has 0 aliphatic rings. The van der Waals surface area contributed by atoms with E-state index in [1.165, 1.54) is 25.1 Å². The van der Waals surface area contributed by atoms with Gasteiger partial charge >= 0.3 is 12.1 Å². The zero-order chi connectivity index (χ0) is 23.3. The number of benzene rings is 3. The first-order valence-corrected chi connectivity index (χ1v) is 10.2. The molecule has 6 heteroatoms. The second kappa shape index (κ2) is 9.83. The summed E-state index contributed by atoms with van der Waals surface area (Å²) < 4.78 is 40.7. The van der Waals surface area contributed by atoms with E-state index >= 15 is 0 Å². The lowest BCUT2D eigenvalue weighted by Gasteiger charge is -2.14. The van der Waals surface area contributed by atoms with E-state index in [-0.39, 0.29) is 12.1 Å². The first-order valence-electron chi connectivity index (χ1n) is 10.2. The largest absolute Gasteiger partial charge is 0.480 e. The molecule has 3 aromatic rings. The second-order valence-electron chi connectivity index (χ2n) is 7.58. The number of nitrogens with one attached hydrogen (secondary N) is 1. The van der Waals surface area contributed by atoms with Crippen LogP contribution in [-0.4, -0.2) is 17.1 Å². The van der Waals surface area contributed by atoms with Gasteiger partial charge in [-0.25, -0.2) is 0 Å². The third-order valence-corrected chi connectivity index (χ3v) is 5.31. The fourth-order valence-corrected chi connectivity index (χ4v) is 3.42. The van der Waals surface area contributed by atoms with Crippen LogP contribution >= 0.6 is 0 Å². The van der Waals surface area contributed by atoms with Crippen molar-refractivity contribution < 1.29 is 23.1 Å². The summed E-state index contributed by atoms with van der Waals surface area (Å²) in [5.74, 6) is -1.02. The fraction of sp³-hybridized carbons (Fsp3) is 0.192. The van der Waals surface area contributed by atoms with E-state index in [1.807, 2.05) is 55.5 Å². The van der Waals surface area contributed by atoms with Crippen LogP contribution in [0.15, 0.2) is 66.7 Å². The van der Waals surface area contributed by atoms with Crippen LogP contribution in [0.4, 0.5) is 13.2 Å². The van der Waals surface area contributed by atoms with Gasteiger partial charge < -0.3 is 10.4 Å². The summed E-state index contributed by atoms with van der Waals surface area (Å²) in [5.41, 5.74) is 3.71. The minimum Gasteiger partial charge on any atom is -0.480 e. The summed E-state index contributed by atoms with van der Waals surface area (Å²) >= 11 is 0. The average molecular weight is 439 g/mol. The molecule has 0 saturated heterocycles. The van der Waals surface area contributed by atoms with Crippen LogP contribution in [0.2, 0.25) is 0 Å². The predicted molar refractivity (Wildman–Crippen MR) is 121 cm³/mol. The molecule has 2 N–H and O–H groups in total. The maximum absolute atomic E-state index is 13.6. The highest BCUT2D eigenvalue weighted by Crippen LogP contribution is 2.34. The van der Waals surface area contributed by atoms with Crippen molar-refractivity contribution >= 4 is 18.1 Å². The van der Waals surface area contributed by atoms with Crippen LogP contribution in [0, 0.1) is 6.92 Å². The number of aliphatic carboxylic acids is 1.